The number of anilines is 2. The van der Waals surface area contributed by atoms with E-state index in [-0.39, 0.29) is 17.4 Å². The first-order chi connectivity index (χ1) is 12.6. The van der Waals surface area contributed by atoms with Gasteiger partial charge in [0.05, 0.1) is 23.5 Å². The van der Waals surface area contributed by atoms with Crippen molar-refractivity contribution in [3.63, 3.8) is 0 Å². The Kier molecular flexibility index (Phi) is 5.20. The number of pyridine rings is 1. The molecule has 0 spiro atoms. The Balaban J connectivity index is 1.60. The van der Waals surface area contributed by atoms with Crippen LogP contribution in [0.2, 0.25) is 0 Å². The number of amides is 1. The predicted molar refractivity (Wildman–Crippen MR) is 97.1 cm³/mol. The number of halogens is 1. The van der Waals surface area contributed by atoms with Crippen molar-refractivity contribution in [2.24, 2.45) is 0 Å². The molecule has 1 heterocycles. The zero-order valence-corrected chi connectivity index (χ0v) is 13.7. The molecule has 0 saturated carbocycles. The molecule has 0 aliphatic rings. The number of nitriles is 1. The highest BCUT2D eigenvalue weighted by Gasteiger charge is 2.08. The van der Waals surface area contributed by atoms with Crippen LogP contribution in [0.1, 0.15) is 21.6 Å². The van der Waals surface area contributed by atoms with Gasteiger partial charge < -0.3 is 10.6 Å². The summed E-state index contributed by atoms with van der Waals surface area (Å²) < 4.78 is 12.9. The van der Waals surface area contributed by atoms with Gasteiger partial charge in [0, 0.05) is 12.2 Å². The van der Waals surface area contributed by atoms with Crippen LogP contribution in [0.4, 0.5) is 15.8 Å². The van der Waals surface area contributed by atoms with Crippen LogP contribution in [-0.2, 0) is 6.54 Å². The van der Waals surface area contributed by atoms with Crippen LogP contribution >= 0.6 is 0 Å². The van der Waals surface area contributed by atoms with Gasteiger partial charge in [-0.15, -0.1) is 0 Å². The van der Waals surface area contributed by atoms with Crippen molar-refractivity contribution < 1.29 is 9.18 Å². The van der Waals surface area contributed by atoms with E-state index in [2.05, 4.69) is 15.6 Å². The molecule has 1 amide bonds. The number of nitrogens with zero attached hydrogens (tertiary/aromatic N) is 2. The number of benzene rings is 2. The minimum atomic E-state index is -0.356. The van der Waals surface area contributed by atoms with Gasteiger partial charge in [-0.05, 0) is 48.0 Å². The van der Waals surface area contributed by atoms with Gasteiger partial charge in [0.15, 0.2) is 0 Å². The maximum absolute atomic E-state index is 12.9. The van der Waals surface area contributed by atoms with Crippen LogP contribution in [0.3, 0.4) is 0 Å². The van der Waals surface area contributed by atoms with Crippen molar-refractivity contribution in [1.29, 1.82) is 5.26 Å². The van der Waals surface area contributed by atoms with Crippen molar-refractivity contribution >= 4 is 17.3 Å². The molecular weight excluding hydrogens is 331 g/mol. The molecule has 0 saturated heterocycles. The molecule has 0 unspecified atom stereocenters. The number of hydrogen-bond acceptors (Lipinski definition) is 4. The maximum Gasteiger partial charge on any atom is 0.274 e. The van der Waals surface area contributed by atoms with Gasteiger partial charge in [-0.25, -0.2) is 9.37 Å². The van der Waals surface area contributed by atoms with Gasteiger partial charge >= 0.3 is 0 Å². The molecule has 2 aromatic carbocycles. The van der Waals surface area contributed by atoms with Crippen LogP contribution in [-0.4, -0.2) is 10.9 Å². The van der Waals surface area contributed by atoms with Crippen LogP contribution in [0, 0.1) is 17.1 Å². The standard InChI is InChI=1S/C20H15FN4O/c21-16-6-4-14(5-7-16)12-23-18-8-9-19(24-13-18)20(26)25-17-3-1-2-15(10-17)11-22/h1-10,13,23H,12H2,(H,25,26). The van der Waals surface area contributed by atoms with Gasteiger partial charge in [0.1, 0.15) is 11.5 Å². The van der Waals surface area contributed by atoms with E-state index >= 15 is 0 Å². The third-order valence-corrected chi connectivity index (χ3v) is 3.66. The summed E-state index contributed by atoms with van der Waals surface area (Å²) in [6.07, 6.45) is 1.56. The SMILES string of the molecule is N#Cc1cccc(NC(=O)c2ccc(NCc3ccc(F)cc3)cn2)c1. The quantitative estimate of drug-likeness (QED) is 0.733. The van der Waals surface area contributed by atoms with Crippen LogP contribution < -0.4 is 10.6 Å². The van der Waals surface area contributed by atoms with Crippen LogP contribution in [0.25, 0.3) is 0 Å². The summed E-state index contributed by atoms with van der Waals surface area (Å²) >= 11 is 0. The normalized spacial score (nSPS) is 10.0. The first kappa shape index (κ1) is 17.1. The molecule has 0 aliphatic carbocycles. The molecule has 1 aromatic heterocycles. The second kappa shape index (κ2) is 7.90. The van der Waals surface area contributed by atoms with Gasteiger partial charge in [0.2, 0.25) is 0 Å². The van der Waals surface area contributed by atoms with E-state index < -0.39 is 0 Å². The van der Waals surface area contributed by atoms with E-state index in [1.165, 1.54) is 12.1 Å². The predicted octanol–water partition coefficient (Wildman–Crippen LogP) is 3.96. The molecule has 128 valence electrons. The fraction of sp³-hybridized carbons (Fsp3) is 0.0500. The lowest BCUT2D eigenvalue weighted by Gasteiger charge is -2.08. The summed E-state index contributed by atoms with van der Waals surface area (Å²) in [6.45, 7) is 0.522. The Bertz CT molecular complexity index is 947. The largest absolute Gasteiger partial charge is 0.380 e. The monoisotopic (exact) mass is 346 g/mol. The molecule has 3 aromatic rings. The van der Waals surface area contributed by atoms with Gasteiger partial charge in [-0.3, -0.25) is 4.79 Å². The van der Waals surface area contributed by atoms with Crippen molar-refractivity contribution in [1.82, 2.24) is 4.98 Å². The molecule has 2 N–H and O–H groups in total. The fourth-order valence-corrected chi connectivity index (χ4v) is 2.30. The van der Waals surface area contributed by atoms with Gasteiger partial charge in [-0.2, -0.15) is 5.26 Å². The number of carbonyl (C=O) groups is 1. The lowest BCUT2D eigenvalue weighted by Crippen LogP contribution is -2.13. The lowest BCUT2D eigenvalue weighted by atomic mass is 10.2. The number of carbonyl (C=O) groups excluding carboxylic acids is 1. The second-order valence-corrected chi connectivity index (χ2v) is 5.56. The van der Waals surface area contributed by atoms with Crippen LogP contribution in [0.15, 0.2) is 66.9 Å². The first-order valence-electron chi connectivity index (χ1n) is 7.90. The smallest absolute Gasteiger partial charge is 0.274 e. The Labute approximate surface area is 150 Å². The van der Waals surface area contributed by atoms with E-state index in [0.717, 1.165) is 11.3 Å². The van der Waals surface area contributed by atoms with Gasteiger partial charge in [0.25, 0.3) is 5.91 Å². The van der Waals surface area contributed by atoms with E-state index in [4.69, 9.17) is 5.26 Å². The summed E-state index contributed by atoms with van der Waals surface area (Å²) in [5.74, 6) is -0.628. The van der Waals surface area contributed by atoms with Crippen molar-refractivity contribution in [3.8, 4) is 6.07 Å². The number of hydrogen-bond donors (Lipinski definition) is 2. The summed E-state index contributed by atoms with van der Waals surface area (Å²) in [5, 5.41) is 14.8. The Morgan fingerprint density at radius 3 is 2.58 bits per heavy atom. The Morgan fingerprint density at radius 1 is 1.08 bits per heavy atom. The topological polar surface area (TPSA) is 77.8 Å². The Morgan fingerprint density at radius 2 is 1.88 bits per heavy atom. The minimum Gasteiger partial charge on any atom is -0.380 e. The molecule has 0 bridgehead atoms. The molecule has 5 nitrogen and oxygen atoms in total. The third-order valence-electron chi connectivity index (χ3n) is 3.66. The van der Waals surface area contributed by atoms with E-state index in [1.807, 2.05) is 6.07 Å². The molecular formula is C20H15FN4O. The zero-order valence-electron chi connectivity index (χ0n) is 13.7. The van der Waals surface area contributed by atoms with Crippen LogP contribution in [0.5, 0.6) is 0 Å². The molecule has 0 fully saturated rings. The molecule has 6 heteroatoms. The molecule has 3 rings (SSSR count). The molecule has 26 heavy (non-hydrogen) atoms. The fourth-order valence-electron chi connectivity index (χ4n) is 2.30. The minimum absolute atomic E-state index is 0.264. The number of nitrogens with one attached hydrogen (secondary N) is 2. The first-order valence-corrected chi connectivity index (χ1v) is 7.90. The highest BCUT2D eigenvalue weighted by atomic mass is 19.1. The average Bonchev–Trinajstić information content (AvgIpc) is 2.68. The average molecular weight is 346 g/mol. The summed E-state index contributed by atoms with van der Waals surface area (Å²) in [6, 6.07) is 18.3. The molecule has 0 atom stereocenters. The lowest BCUT2D eigenvalue weighted by molar-refractivity contribution is 0.102. The number of aromatic nitrogens is 1. The zero-order chi connectivity index (χ0) is 18.4. The Hall–Kier alpha value is -3.72. The molecule has 0 aliphatic heterocycles. The van der Waals surface area contributed by atoms with Gasteiger partial charge in [-0.1, -0.05) is 18.2 Å². The molecule has 0 radical (unpaired) electrons. The van der Waals surface area contributed by atoms with Crippen molar-refractivity contribution in [2.75, 3.05) is 10.6 Å². The highest BCUT2D eigenvalue weighted by molar-refractivity contribution is 6.03. The maximum atomic E-state index is 12.9. The van der Waals surface area contributed by atoms with E-state index in [1.54, 1.807) is 54.7 Å². The van der Waals surface area contributed by atoms with Crippen molar-refractivity contribution in [2.45, 2.75) is 6.54 Å². The summed E-state index contributed by atoms with van der Waals surface area (Å²) in [4.78, 5) is 16.4. The number of rotatable bonds is 5. The summed E-state index contributed by atoms with van der Waals surface area (Å²) in [7, 11) is 0. The highest BCUT2D eigenvalue weighted by Crippen LogP contribution is 2.13. The van der Waals surface area contributed by atoms with E-state index in [0.29, 0.717) is 17.8 Å². The second-order valence-electron chi connectivity index (χ2n) is 5.56. The van der Waals surface area contributed by atoms with E-state index in [9.17, 15) is 9.18 Å². The van der Waals surface area contributed by atoms with Crippen molar-refractivity contribution in [3.05, 3.63) is 89.5 Å². The third kappa shape index (κ3) is 4.42. The summed E-state index contributed by atoms with van der Waals surface area (Å²) in [5.41, 5.74) is 2.95.